The summed E-state index contributed by atoms with van der Waals surface area (Å²) in [6, 6.07) is 6.40. The molecule has 1 aromatic carbocycles. The molecule has 19 heavy (non-hydrogen) atoms. The van der Waals surface area contributed by atoms with Crippen molar-refractivity contribution in [3.63, 3.8) is 0 Å². The summed E-state index contributed by atoms with van der Waals surface area (Å²) in [5.74, 6) is 0.503. The first-order chi connectivity index (χ1) is 9.10. The van der Waals surface area contributed by atoms with Crippen LogP contribution in [0.5, 0.6) is 11.5 Å². The summed E-state index contributed by atoms with van der Waals surface area (Å²) in [6.45, 7) is 1.93. The molecular weight excluding hydrogens is 246 g/mol. The molecule has 0 fully saturated rings. The van der Waals surface area contributed by atoms with Gasteiger partial charge in [0.25, 0.3) is 0 Å². The molecule has 1 unspecified atom stereocenters. The SMILES string of the molecule is CC(CC#N)Cc1nc(-c2ccc(O)c(O)c2)no1. The minimum absolute atomic E-state index is 0.145. The first-order valence-electron chi connectivity index (χ1n) is 5.82. The van der Waals surface area contributed by atoms with E-state index in [0.29, 0.717) is 30.1 Å². The van der Waals surface area contributed by atoms with Crippen LogP contribution in [0.2, 0.25) is 0 Å². The van der Waals surface area contributed by atoms with Crippen LogP contribution in [0.15, 0.2) is 22.7 Å². The standard InChI is InChI=1S/C13H13N3O3/c1-8(4-5-14)6-12-15-13(16-19-12)9-2-3-10(17)11(18)7-9/h2-3,7-8,17-18H,4,6H2,1H3. The summed E-state index contributed by atoms with van der Waals surface area (Å²) in [4.78, 5) is 4.19. The predicted molar refractivity (Wildman–Crippen MR) is 66.2 cm³/mol. The molecule has 6 heteroatoms. The summed E-state index contributed by atoms with van der Waals surface area (Å²) in [6.07, 6.45) is 0.961. The van der Waals surface area contributed by atoms with Gasteiger partial charge in [-0.05, 0) is 24.1 Å². The van der Waals surface area contributed by atoms with Crippen LogP contribution < -0.4 is 0 Å². The van der Waals surface area contributed by atoms with Gasteiger partial charge in [-0.3, -0.25) is 0 Å². The molecule has 2 N–H and O–H groups in total. The number of nitrogens with zero attached hydrogens (tertiary/aromatic N) is 3. The molecule has 6 nitrogen and oxygen atoms in total. The molecule has 0 aliphatic heterocycles. The van der Waals surface area contributed by atoms with Crippen molar-refractivity contribution in [3.05, 3.63) is 24.1 Å². The van der Waals surface area contributed by atoms with Crippen LogP contribution in [-0.2, 0) is 6.42 Å². The number of rotatable bonds is 4. The van der Waals surface area contributed by atoms with Gasteiger partial charge in [-0.2, -0.15) is 10.2 Å². The van der Waals surface area contributed by atoms with Gasteiger partial charge in [0.05, 0.1) is 6.07 Å². The topological polar surface area (TPSA) is 103 Å². The number of hydrogen-bond acceptors (Lipinski definition) is 6. The average Bonchev–Trinajstić information content (AvgIpc) is 2.81. The third kappa shape index (κ3) is 3.01. The molecule has 2 rings (SSSR count). The number of phenolic OH excluding ortho intramolecular Hbond substituents is 2. The van der Waals surface area contributed by atoms with E-state index in [9.17, 15) is 10.2 Å². The number of hydrogen-bond donors (Lipinski definition) is 2. The lowest BCUT2D eigenvalue weighted by Gasteiger charge is -2.00. The predicted octanol–water partition coefficient (Wildman–Crippen LogP) is 2.24. The smallest absolute Gasteiger partial charge is 0.227 e. The van der Waals surface area contributed by atoms with Gasteiger partial charge < -0.3 is 14.7 Å². The lowest BCUT2D eigenvalue weighted by Crippen LogP contribution is -1.98. The van der Waals surface area contributed by atoms with Crippen molar-refractivity contribution in [1.82, 2.24) is 10.1 Å². The molecule has 0 bridgehead atoms. The molecule has 0 radical (unpaired) electrons. The minimum Gasteiger partial charge on any atom is -0.504 e. The Labute approximate surface area is 109 Å². The van der Waals surface area contributed by atoms with E-state index in [1.165, 1.54) is 12.1 Å². The third-order valence-electron chi connectivity index (χ3n) is 2.66. The Morgan fingerprint density at radius 2 is 2.16 bits per heavy atom. The number of aromatic hydroxyl groups is 2. The molecule has 0 spiro atoms. The summed E-state index contributed by atoms with van der Waals surface area (Å²) in [5.41, 5.74) is 0.554. The highest BCUT2D eigenvalue weighted by atomic mass is 16.5. The van der Waals surface area contributed by atoms with E-state index in [0.717, 1.165) is 0 Å². The van der Waals surface area contributed by atoms with Gasteiger partial charge in [-0.1, -0.05) is 12.1 Å². The highest BCUT2D eigenvalue weighted by Crippen LogP contribution is 2.29. The van der Waals surface area contributed by atoms with Crippen molar-refractivity contribution in [3.8, 4) is 29.0 Å². The quantitative estimate of drug-likeness (QED) is 0.816. The maximum absolute atomic E-state index is 9.41. The molecule has 1 heterocycles. The van der Waals surface area contributed by atoms with Gasteiger partial charge in [0.15, 0.2) is 11.5 Å². The molecule has 0 saturated carbocycles. The van der Waals surface area contributed by atoms with E-state index in [1.807, 2.05) is 6.92 Å². The highest BCUT2D eigenvalue weighted by molar-refractivity contribution is 5.59. The van der Waals surface area contributed by atoms with Crippen LogP contribution in [0.4, 0.5) is 0 Å². The summed E-state index contributed by atoms with van der Waals surface area (Å²) in [5, 5.41) is 31.0. The Morgan fingerprint density at radius 3 is 2.84 bits per heavy atom. The maximum Gasteiger partial charge on any atom is 0.227 e. The molecule has 0 saturated heterocycles. The normalized spacial score (nSPS) is 12.0. The Bertz CT molecular complexity index is 616. The molecule has 98 valence electrons. The fourth-order valence-corrected chi connectivity index (χ4v) is 1.64. The van der Waals surface area contributed by atoms with E-state index in [4.69, 9.17) is 9.78 Å². The van der Waals surface area contributed by atoms with Crippen LogP contribution in [0, 0.1) is 17.2 Å². The fourth-order valence-electron chi connectivity index (χ4n) is 1.64. The van der Waals surface area contributed by atoms with Crippen molar-refractivity contribution in [2.24, 2.45) is 5.92 Å². The Hall–Kier alpha value is -2.55. The van der Waals surface area contributed by atoms with Gasteiger partial charge in [0.1, 0.15) is 0 Å². The van der Waals surface area contributed by atoms with E-state index in [-0.39, 0.29) is 17.4 Å². The third-order valence-corrected chi connectivity index (χ3v) is 2.66. The highest BCUT2D eigenvalue weighted by Gasteiger charge is 2.13. The van der Waals surface area contributed by atoms with E-state index in [1.54, 1.807) is 6.07 Å². The van der Waals surface area contributed by atoms with Crippen LogP contribution in [-0.4, -0.2) is 20.4 Å². The van der Waals surface area contributed by atoms with Crippen molar-refractivity contribution >= 4 is 0 Å². The number of phenols is 2. The molecule has 0 aliphatic rings. The first kappa shape index (κ1) is 12.9. The second-order valence-corrected chi connectivity index (χ2v) is 4.39. The zero-order chi connectivity index (χ0) is 13.8. The summed E-state index contributed by atoms with van der Waals surface area (Å²) in [7, 11) is 0. The van der Waals surface area contributed by atoms with Crippen LogP contribution >= 0.6 is 0 Å². The molecule has 0 amide bonds. The molecule has 2 aromatic rings. The minimum atomic E-state index is -0.235. The van der Waals surface area contributed by atoms with Crippen molar-refractivity contribution in [1.29, 1.82) is 5.26 Å². The summed E-state index contributed by atoms with van der Waals surface area (Å²) >= 11 is 0. The van der Waals surface area contributed by atoms with Gasteiger partial charge in [0.2, 0.25) is 11.7 Å². The Kier molecular flexibility index (Phi) is 3.66. The largest absolute Gasteiger partial charge is 0.504 e. The van der Waals surface area contributed by atoms with Crippen LogP contribution in [0.25, 0.3) is 11.4 Å². The maximum atomic E-state index is 9.41. The lowest BCUT2D eigenvalue weighted by atomic mass is 10.1. The number of aromatic nitrogens is 2. The van der Waals surface area contributed by atoms with Crippen LogP contribution in [0.1, 0.15) is 19.2 Å². The second-order valence-electron chi connectivity index (χ2n) is 4.39. The van der Waals surface area contributed by atoms with Crippen molar-refractivity contribution < 1.29 is 14.7 Å². The lowest BCUT2D eigenvalue weighted by molar-refractivity contribution is 0.359. The molecule has 1 aromatic heterocycles. The second kappa shape index (κ2) is 5.40. The molecule has 0 aliphatic carbocycles. The summed E-state index contributed by atoms with van der Waals surface area (Å²) < 4.78 is 5.09. The van der Waals surface area contributed by atoms with Crippen molar-refractivity contribution in [2.75, 3.05) is 0 Å². The van der Waals surface area contributed by atoms with Gasteiger partial charge >= 0.3 is 0 Å². The average molecular weight is 259 g/mol. The zero-order valence-corrected chi connectivity index (χ0v) is 10.4. The number of benzene rings is 1. The van der Waals surface area contributed by atoms with Gasteiger partial charge in [-0.25, -0.2) is 0 Å². The fraction of sp³-hybridized carbons (Fsp3) is 0.308. The monoisotopic (exact) mass is 259 g/mol. The number of nitriles is 1. The molecule has 1 atom stereocenters. The Morgan fingerprint density at radius 1 is 1.37 bits per heavy atom. The van der Waals surface area contributed by atoms with Crippen molar-refractivity contribution in [2.45, 2.75) is 19.8 Å². The van der Waals surface area contributed by atoms with E-state index >= 15 is 0 Å². The Balaban J connectivity index is 2.16. The van der Waals surface area contributed by atoms with E-state index in [2.05, 4.69) is 16.2 Å². The van der Waals surface area contributed by atoms with E-state index < -0.39 is 0 Å². The van der Waals surface area contributed by atoms with Gasteiger partial charge in [-0.15, -0.1) is 0 Å². The van der Waals surface area contributed by atoms with Crippen LogP contribution in [0.3, 0.4) is 0 Å². The molecular formula is C13H13N3O3. The first-order valence-corrected chi connectivity index (χ1v) is 5.82. The zero-order valence-electron chi connectivity index (χ0n) is 10.4. The van der Waals surface area contributed by atoms with Gasteiger partial charge in [0, 0.05) is 18.4 Å².